The topological polar surface area (TPSA) is 0 Å². The lowest BCUT2D eigenvalue weighted by Gasteiger charge is -2.35. The van der Waals surface area contributed by atoms with Crippen molar-refractivity contribution in [1.82, 2.24) is 0 Å². The van der Waals surface area contributed by atoms with Crippen LogP contribution in [0.2, 0.25) is 0 Å². The van der Waals surface area contributed by atoms with Gasteiger partial charge >= 0.3 is 0 Å². The van der Waals surface area contributed by atoms with Gasteiger partial charge in [-0.25, -0.2) is 0 Å². The van der Waals surface area contributed by atoms with Crippen molar-refractivity contribution in [3.63, 3.8) is 0 Å². The van der Waals surface area contributed by atoms with Gasteiger partial charge in [-0.15, -0.1) is 34.0 Å². The molecule has 3 heterocycles. The van der Waals surface area contributed by atoms with E-state index in [0.29, 0.717) is 0 Å². The molecule has 54 heavy (non-hydrogen) atoms. The summed E-state index contributed by atoms with van der Waals surface area (Å²) in [4.78, 5) is 2.76. The van der Waals surface area contributed by atoms with E-state index in [-0.39, 0.29) is 0 Å². The first kappa shape index (κ1) is 32.4. The first-order valence-corrected chi connectivity index (χ1v) is 21.3. The van der Waals surface area contributed by atoms with Gasteiger partial charge in [-0.1, -0.05) is 119 Å². The summed E-state index contributed by atoms with van der Waals surface area (Å²) >= 11 is 5.78. The van der Waals surface area contributed by atoms with Crippen LogP contribution < -0.4 is 0 Å². The summed E-state index contributed by atoms with van der Waals surface area (Å²) < 4.78 is 4.14. The first-order chi connectivity index (χ1) is 26.3. The van der Waals surface area contributed by atoms with Crippen LogP contribution in [0.4, 0.5) is 0 Å². The van der Waals surface area contributed by atoms with Crippen LogP contribution in [0, 0.1) is 34.6 Å². The predicted molar refractivity (Wildman–Crippen MR) is 233 cm³/mol. The van der Waals surface area contributed by atoms with Crippen molar-refractivity contribution in [2.24, 2.45) is 0 Å². The average Bonchev–Trinajstić information content (AvgIpc) is 3.97. The van der Waals surface area contributed by atoms with Crippen LogP contribution in [-0.4, -0.2) is 0 Å². The average molecular weight is 747 g/mol. The summed E-state index contributed by atoms with van der Waals surface area (Å²) in [5.41, 5.74) is 19.1. The van der Waals surface area contributed by atoms with Gasteiger partial charge in [0.1, 0.15) is 0 Å². The summed E-state index contributed by atoms with van der Waals surface area (Å²) in [7, 11) is 0. The smallest absolute Gasteiger partial charge is 0.0736 e. The maximum Gasteiger partial charge on any atom is 0.0736 e. The Kier molecular flexibility index (Phi) is 6.88. The summed E-state index contributed by atoms with van der Waals surface area (Å²) in [6.07, 6.45) is 0. The molecule has 3 heteroatoms. The molecule has 0 saturated carbocycles. The minimum atomic E-state index is -0.485. The molecule has 0 radical (unpaired) electrons. The fraction of sp³-hybridized carbons (Fsp3) is 0.137. The van der Waals surface area contributed by atoms with Crippen LogP contribution >= 0.6 is 34.0 Å². The molecule has 9 aromatic rings. The molecular formula is C51H38S3. The van der Waals surface area contributed by atoms with E-state index in [2.05, 4.69) is 173 Å². The van der Waals surface area contributed by atoms with Crippen LogP contribution in [0.15, 0.2) is 139 Å². The highest BCUT2D eigenvalue weighted by molar-refractivity contribution is 7.29. The Hall–Kier alpha value is -5.06. The van der Waals surface area contributed by atoms with E-state index < -0.39 is 10.8 Å². The monoisotopic (exact) mass is 746 g/mol. The minimum Gasteiger partial charge on any atom is -0.143 e. The molecule has 0 unspecified atom stereocenters. The van der Waals surface area contributed by atoms with Crippen LogP contribution in [0.5, 0.6) is 0 Å². The maximum atomic E-state index is 2.63. The van der Waals surface area contributed by atoms with E-state index >= 15 is 0 Å². The Morgan fingerprint density at radius 3 is 1.43 bits per heavy atom. The minimum absolute atomic E-state index is 0.466. The molecule has 0 atom stereocenters. The van der Waals surface area contributed by atoms with Gasteiger partial charge in [-0.2, -0.15) is 0 Å². The lowest BCUT2D eigenvalue weighted by atomic mass is 9.65. The third-order valence-electron chi connectivity index (χ3n) is 12.3. The Labute approximate surface area is 329 Å². The molecule has 2 aliphatic rings. The second-order valence-corrected chi connectivity index (χ2v) is 18.9. The Morgan fingerprint density at radius 1 is 0.407 bits per heavy atom. The molecule has 11 rings (SSSR count). The molecule has 0 N–H and O–H groups in total. The van der Waals surface area contributed by atoms with Crippen LogP contribution in [0.25, 0.3) is 41.1 Å². The highest BCUT2D eigenvalue weighted by Gasteiger charge is 2.53. The number of benzene rings is 6. The highest BCUT2D eigenvalue weighted by atomic mass is 32.1. The molecule has 3 aromatic heterocycles. The molecule has 260 valence electrons. The van der Waals surface area contributed by atoms with Gasteiger partial charge < -0.3 is 0 Å². The quantitative estimate of drug-likeness (QED) is 0.168. The number of hydrogen-bond donors (Lipinski definition) is 0. The van der Waals surface area contributed by atoms with Crippen molar-refractivity contribution in [2.45, 2.75) is 45.4 Å². The number of hydrogen-bond acceptors (Lipinski definition) is 3. The number of rotatable bonds is 4. The van der Waals surface area contributed by atoms with Crippen molar-refractivity contribution >= 4 is 53.5 Å². The third kappa shape index (κ3) is 4.24. The van der Waals surface area contributed by atoms with Crippen LogP contribution in [0.3, 0.4) is 0 Å². The standard InChI is InChI=1S/C51H38S3/c1-29-6-14-35(15-7-29)50(36-16-8-30(2)9-17-36)42-27-41-43(26-40(42)39-25-34-24-33(5)53-46(34)28-44(39)50)51(37-18-10-31(3)11-19-37,38-20-12-32(4)13-21-38)47-48(41)54-45-22-23-52-49(45)47/h6-28H,1-5H3. The van der Waals surface area contributed by atoms with Gasteiger partial charge in [-0.05, 0) is 137 Å². The number of aryl methyl sites for hydroxylation is 5. The van der Waals surface area contributed by atoms with Gasteiger partial charge in [0, 0.05) is 24.7 Å². The van der Waals surface area contributed by atoms with Crippen molar-refractivity contribution in [3.8, 4) is 21.6 Å². The highest BCUT2D eigenvalue weighted by Crippen LogP contribution is 2.66. The van der Waals surface area contributed by atoms with Crippen molar-refractivity contribution in [2.75, 3.05) is 0 Å². The molecular weight excluding hydrogens is 709 g/mol. The van der Waals surface area contributed by atoms with Crippen molar-refractivity contribution in [3.05, 3.63) is 210 Å². The molecule has 0 spiro atoms. The molecule has 0 amide bonds. The zero-order valence-corrected chi connectivity index (χ0v) is 33.5. The van der Waals surface area contributed by atoms with Gasteiger partial charge in [-0.3, -0.25) is 0 Å². The zero-order valence-electron chi connectivity index (χ0n) is 31.0. The molecule has 0 saturated heterocycles. The number of fused-ring (bicyclic) bond motifs is 9. The van der Waals surface area contributed by atoms with E-state index in [9.17, 15) is 0 Å². The van der Waals surface area contributed by atoms with E-state index in [4.69, 9.17) is 0 Å². The van der Waals surface area contributed by atoms with Gasteiger partial charge in [0.25, 0.3) is 0 Å². The summed E-state index contributed by atoms with van der Waals surface area (Å²) in [6.45, 7) is 11.0. The Balaban J connectivity index is 1.34. The van der Waals surface area contributed by atoms with Crippen LogP contribution in [-0.2, 0) is 10.8 Å². The van der Waals surface area contributed by atoms with E-state index in [1.807, 2.05) is 34.0 Å². The zero-order chi connectivity index (χ0) is 36.5. The molecule has 2 aliphatic carbocycles. The second kappa shape index (κ2) is 11.5. The summed E-state index contributed by atoms with van der Waals surface area (Å²) in [6, 6.07) is 52.6. The van der Waals surface area contributed by atoms with Gasteiger partial charge in [0.05, 0.1) is 15.5 Å². The fourth-order valence-corrected chi connectivity index (χ4v) is 13.2. The Morgan fingerprint density at radius 2 is 0.870 bits per heavy atom. The Bertz CT molecular complexity index is 2850. The van der Waals surface area contributed by atoms with Gasteiger partial charge in [0.15, 0.2) is 0 Å². The molecule has 0 fully saturated rings. The third-order valence-corrected chi connectivity index (χ3v) is 15.6. The van der Waals surface area contributed by atoms with E-state index in [1.165, 1.54) is 113 Å². The van der Waals surface area contributed by atoms with Crippen molar-refractivity contribution in [1.29, 1.82) is 0 Å². The predicted octanol–water partition coefficient (Wildman–Crippen LogP) is 14.4. The summed E-state index contributed by atoms with van der Waals surface area (Å²) in [5.74, 6) is 0. The maximum absolute atomic E-state index is 2.63. The summed E-state index contributed by atoms with van der Waals surface area (Å²) in [5, 5.41) is 3.61. The molecule has 0 nitrogen and oxygen atoms in total. The van der Waals surface area contributed by atoms with Gasteiger partial charge in [0.2, 0.25) is 0 Å². The molecule has 6 aromatic carbocycles. The van der Waals surface area contributed by atoms with E-state index in [1.54, 1.807) is 0 Å². The lowest BCUT2D eigenvalue weighted by Crippen LogP contribution is -2.30. The largest absolute Gasteiger partial charge is 0.143 e. The van der Waals surface area contributed by atoms with E-state index in [0.717, 1.165) is 0 Å². The second-order valence-electron chi connectivity index (χ2n) is 15.6. The first-order valence-electron chi connectivity index (χ1n) is 18.8. The van der Waals surface area contributed by atoms with Crippen molar-refractivity contribution < 1.29 is 0 Å². The number of thiophene rings is 3. The normalized spacial score (nSPS) is 14.7. The lowest BCUT2D eigenvalue weighted by molar-refractivity contribution is 0.762. The molecule has 0 bridgehead atoms. The molecule has 0 aliphatic heterocycles. The fourth-order valence-electron chi connectivity index (χ4n) is 9.79. The van der Waals surface area contributed by atoms with Crippen LogP contribution in [0.1, 0.15) is 71.6 Å². The SMILES string of the molecule is Cc1ccc(C2(c3ccc(C)cc3)c3cc4c(cc3-c3cc5cc(C)sc5cc32)C(c2ccc(C)cc2)(c2ccc(C)cc2)c2c-4sc3ccsc23)cc1.